The highest BCUT2D eigenvalue weighted by molar-refractivity contribution is 5.91. The van der Waals surface area contributed by atoms with Crippen LogP contribution in [-0.2, 0) is 9.63 Å². The Bertz CT molecular complexity index is 234. The lowest BCUT2D eigenvalue weighted by Gasteiger charge is -2.09. The monoisotopic (exact) mass is 189 g/mol. The van der Waals surface area contributed by atoms with E-state index in [1.807, 2.05) is 5.48 Å². The second-order valence-corrected chi connectivity index (χ2v) is 4.54. The molecule has 4 heteroatoms. The second-order valence-electron chi connectivity index (χ2n) is 4.54. The number of alkyl halides is 1. The maximum absolute atomic E-state index is 14.1. The summed E-state index contributed by atoms with van der Waals surface area (Å²) in [5, 5.41) is 0. The van der Waals surface area contributed by atoms with Gasteiger partial charge in [-0.1, -0.05) is 27.7 Å². The van der Waals surface area contributed by atoms with E-state index >= 15 is 0 Å². The minimum Gasteiger partial charge on any atom is -0.277 e. The second kappa shape index (κ2) is 2.44. The van der Waals surface area contributed by atoms with Crippen molar-refractivity contribution in [1.29, 1.82) is 0 Å². The molecule has 0 unspecified atom stereocenters. The van der Waals surface area contributed by atoms with Crippen molar-refractivity contribution < 1.29 is 14.0 Å². The SMILES string of the molecule is CONC(=O)C1(F)C(C)(C)C1(C)C. The van der Waals surface area contributed by atoms with Crippen LogP contribution in [0.5, 0.6) is 0 Å². The number of rotatable bonds is 2. The first kappa shape index (κ1) is 10.4. The van der Waals surface area contributed by atoms with Crippen molar-refractivity contribution in [2.24, 2.45) is 10.8 Å². The van der Waals surface area contributed by atoms with Crippen LogP contribution in [0.15, 0.2) is 0 Å². The molecule has 3 nitrogen and oxygen atoms in total. The highest BCUT2D eigenvalue weighted by atomic mass is 19.1. The number of amides is 1. The van der Waals surface area contributed by atoms with E-state index in [1.54, 1.807) is 27.7 Å². The summed E-state index contributed by atoms with van der Waals surface area (Å²) in [5.41, 5.74) is -1.05. The van der Waals surface area contributed by atoms with Gasteiger partial charge in [0.1, 0.15) is 0 Å². The number of carbonyl (C=O) groups excluding carboxylic acids is 1. The number of nitrogens with one attached hydrogen (secondary N) is 1. The van der Waals surface area contributed by atoms with Gasteiger partial charge in [-0.2, -0.15) is 0 Å². The molecule has 0 atom stereocenters. The standard InChI is InChI=1S/C9H16FNO2/c1-7(2)8(3,4)9(7,10)6(12)11-13-5/h1-5H3,(H,11,12). The van der Waals surface area contributed by atoms with Gasteiger partial charge in [-0.3, -0.25) is 9.63 Å². The normalized spacial score (nSPS) is 26.6. The van der Waals surface area contributed by atoms with Crippen LogP contribution in [0, 0.1) is 10.8 Å². The van der Waals surface area contributed by atoms with Gasteiger partial charge in [-0.05, 0) is 0 Å². The van der Waals surface area contributed by atoms with Gasteiger partial charge >= 0.3 is 0 Å². The van der Waals surface area contributed by atoms with Gasteiger partial charge in [0.2, 0.25) is 5.67 Å². The molecule has 0 bridgehead atoms. The van der Waals surface area contributed by atoms with Gasteiger partial charge in [0.15, 0.2) is 0 Å². The third-order valence-electron chi connectivity index (χ3n) is 3.73. The molecule has 0 aliphatic heterocycles. The summed E-state index contributed by atoms with van der Waals surface area (Å²) in [6.07, 6.45) is 0. The van der Waals surface area contributed by atoms with Crippen molar-refractivity contribution in [3.63, 3.8) is 0 Å². The molecule has 1 saturated carbocycles. The molecule has 1 rings (SSSR count). The van der Waals surface area contributed by atoms with Crippen LogP contribution in [0.4, 0.5) is 4.39 Å². The molecule has 0 radical (unpaired) electrons. The van der Waals surface area contributed by atoms with Gasteiger partial charge in [0, 0.05) is 10.8 Å². The minimum absolute atomic E-state index is 0.636. The van der Waals surface area contributed by atoms with Gasteiger partial charge < -0.3 is 0 Å². The molecule has 0 aromatic heterocycles. The van der Waals surface area contributed by atoms with E-state index in [-0.39, 0.29) is 0 Å². The van der Waals surface area contributed by atoms with Crippen molar-refractivity contribution in [2.75, 3.05) is 7.11 Å². The van der Waals surface area contributed by atoms with Crippen LogP contribution in [-0.4, -0.2) is 18.7 Å². The Hall–Kier alpha value is -0.640. The molecule has 0 heterocycles. The van der Waals surface area contributed by atoms with Crippen molar-refractivity contribution in [3.05, 3.63) is 0 Å². The summed E-state index contributed by atoms with van der Waals surface area (Å²) in [6.45, 7) is 6.95. The van der Waals surface area contributed by atoms with Crippen LogP contribution in [0.25, 0.3) is 0 Å². The number of carbonyl (C=O) groups is 1. The molecule has 1 aliphatic carbocycles. The quantitative estimate of drug-likeness (QED) is 0.667. The van der Waals surface area contributed by atoms with Crippen molar-refractivity contribution in [3.8, 4) is 0 Å². The lowest BCUT2D eigenvalue weighted by Crippen LogP contribution is -2.37. The van der Waals surface area contributed by atoms with Crippen LogP contribution < -0.4 is 5.48 Å². The van der Waals surface area contributed by atoms with E-state index in [1.165, 1.54) is 7.11 Å². The molecular formula is C9H16FNO2. The zero-order valence-electron chi connectivity index (χ0n) is 8.69. The lowest BCUT2D eigenvalue weighted by atomic mass is 10.0. The Balaban J connectivity index is 2.88. The Morgan fingerprint density at radius 1 is 1.23 bits per heavy atom. The van der Waals surface area contributed by atoms with Gasteiger partial charge in [-0.15, -0.1) is 0 Å². The molecule has 0 spiro atoms. The zero-order valence-corrected chi connectivity index (χ0v) is 8.69. The fourth-order valence-corrected chi connectivity index (χ4v) is 1.97. The number of hydrogen-bond acceptors (Lipinski definition) is 2. The van der Waals surface area contributed by atoms with Crippen molar-refractivity contribution >= 4 is 5.91 Å². The third-order valence-corrected chi connectivity index (χ3v) is 3.73. The highest BCUT2D eigenvalue weighted by Crippen LogP contribution is 2.73. The summed E-state index contributed by atoms with van der Waals surface area (Å²) in [7, 11) is 1.30. The molecule has 1 aliphatic rings. The van der Waals surface area contributed by atoms with Crippen LogP contribution in [0.3, 0.4) is 0 Å². The Morgan fingerprint density at radius 2 is 1.62 bits per heavy atom. The summed E-state index contributed by atoms with van der Waals surface area (Å²) < 4.78 is 14.1. The van der Waals surface area contributed by atoms with E-state index in [0.29, 0.717) is 0 Å². The number of halogens is 1. The van der Waals surface area contributed by atoms with Crippen LogP contribution in [0.2, 0.25) is 0 Å². The van der Waals surface area contributed by atoms with Gasteiger partial charge in [0.05, 0.1) is 7.11 Å². The highest BCUT2D eigenvalue weighted by Gasteiger charge is 2.83. The van der Waals surface area contributed by atoms with Crippen LogP contribution >= 0.6 is 0 Å². The first-order valence-corrected chi connectivity index (χ1v) is 4.26. The van der Waals surface area contributed by atoms with Crippen molar-refractivity contribution in [2.45, 2.75) is 33.4 Å². The number of hydroxylamine groups is 1. The molecule has 0 saturated heterocycles. The third kappa shape index (κ3) is 0.894. The summed E-state index contributed by atoms with van der Waals surface area (Å²) >= 11 is 0. The smallest absolute Gasteiger partial charge is 0.277 e. The van der Waals surface area contributed by atoms with Gasteiger partial charge in [-0.25, -0.2) is 9.87 Å². The van der Waals surface area contributed by atoms with E-state index in [2.05, 4.69) is 4.84 Å². The summed E-state index contributed by atoms with van der Waals surface area (Å²) in [5.74, 6) is -0.690. The molecule has 1 fully saturated rings. The van der Waals surface area contributed by atoms with E-state index in [4.69, 9.17) is 0 Å². The Kier molecular flexibility index (Phi) is 1.96. The minimum atomic E-state index is -1.82. The topological polar surface area (TPSA) is 38.3 Å². The van der Waals surface area contributed by atoms with E-state index in [9.17, 15) is 9.18 Å². The average molecular weight is 189 g/mol. The maximum atomic E-state index is 14.1. The number of hydrogen-bond donors (Lipinski definition) is 1. The predicted octanol–water partition coefficient (Wildman–Crippen LogP) is 1.44. The first-order chi connectivity index (χ1) is 5.73. The Labute approximate surface area is 77.6 Å². The maximum Gasteiger partial charge on any atom is 0.282 e. The lowest BCUT2D eigenvalue weighted by molar-refractivity contribution is -0.140. The molecule has 0 aromatic rings. The van der Waals surface area contributed by atoms with Gasteiger partial charge in [0.25, 0.3) is 5.91 Å². The Morgan fingerprint density at radius 3 is 1.85 bits per heavy atom. The molecular weight excluding hydrogens is 173 g/mol. The first-order valence-electron chi connectivity index (χ1n) is 4.26. The molecule has 0 aromatic carbocycles. The molecule has 13 heavy (non-hydrogen) atoms. The largest absolute Gasteiger partial charge is 0.282 e. The van der Waals surface area contributed by atoms with E-state index in [0.717, 1.165) is 0 Å². The fraction of sp³-hybridized carbons (Fsp3) is 0.889. The summed E-state index contributed by atoms with van der Waals surface area (Å²) in [4.78, 5) is 15.8. The molecule has 1 amide bonds. The fourth-order valence-electron chi connectivity index (χ4n) is 1.97. The van der Waals surface area contributed by atoms with Crippen molar-refractivity contribution in [1.82, 2.24) is 5.48 Å². The molecule has 76 valence electrons. The molecule has 1 N–H and O–H groups in total. The van der Waals surface area contributed by atoms with E-state index < -0.39 is 22.4 Å². The predicted molar refractivity (Wildman–Crippen MR) is 46.6 cm³/mol. The van der Waals surface area contributed by atoms with Crippen LogP contribution in [0.1, 0.15) is 27.7 Å². The zero-order chi connectivity index (χ0) is 10.5. The summed E-state index contributed by atoms with van der Waals surface area (Å²) in [6, 6.07) is 0. The average Bonchev–Trinajstić information content (AvgIpc) is 2.31.